The van der Waals surface area contributed by atoms with E-state index in [4.69, 9.17) is 4.74 Å². The third-order valence-electron chi connectivity index (χ3n) is 1.45. The molecule has 0 fully saturated rings. The molecule has 2 nitrogen and oxygen atoms in total. The van der Waals surface area contributed by atoms with Gasteiger partial charge in [0.1, 0.15) is 0 Å². The highest BCUT2D eigenvalue weighted by Crippen LogP contribution is 1.94. The fourth-order valence-electron chi connectivity index (χ4n) is 0.853. The molecule has 0 rings (SSSR count). The number of unbranched alkanes of at least 4 members (excludes halogenated alkanes) is 2. The van der Waals surface area contributed by atoms with Crippen LogP contribution < -0.4 is 0 Å². The van der Waals surface area contributed by atoms with Gasteiger partial charge in [-0.2, -0.15) is 0 Å². The van der Waals surface area contributed by atoms with Crippen LogP contribution >= 0.6 is 0 Å². The molecule has 0 bridgehead atoms. The molecule has 0 aliphatic rings. The SMILES string of the molecule is CCCCCN=C(C)OCC. The van der Waals surface area contributed by atoms with Crippen LogP contribution in [0, 0.1) is 0 Å². The summed E-state index contributed by atoms with van der Waals surface area (Å²) in [5.41, 5.74) is 0. The lowest BCUT2D eigenvalue weighted by Gasteiger charge is -2.00. The molecule has 2 heteroatoms. The third kappa shape index (κ3) is 7.37. The Morgan fingerprint density at radius 2 is 2.00 bits per heavy atom. The lowest BCUT2D eigenvalue weighted by molar-refractivity contribution is 0.323. The molecule has 0 N–H and O–H groups in total. The topological polar surface area (TPSA) is 21.6 Å². The van der Waals surface area contributed by atoms with Crippen molar-refractivity contribution in [3.05, 3.63) is 0 Å². The van der Waals surface area contributed by atoms with Gasteiger partial charge in [-0.05, 0) is 13.3 Å². The van der Waals surface area contributed by atoms with Crippen LogP contribution in [-0.2, 0) is 4.74 Å². The highest BCUT2D eigenvalue weighted by atomic mass is 16.5. The second kappa shape index (κ2) is 7.58. The van der Waals surface area contributed by atoms with Crippen LogP contribution in [-0.4, -0.2) is 19.0 Å². The highest BCUT2D eigenvalue weighted by Gasteiger charge is 1.87. The van der Waals surface area contributed by atoms with Crippen LogP contribution in [0.25, 0.3) is 0 Å². The van der Waals surface area contributed by atoms with Gasteiger partial charge in [-0.25, -0.2) is 0 Å². The molecular weight excluding hydrogens is 138 g/mol. The summed E-state index contributed by atoms with van der Waals surface area (Å²) in [5, 5.41) is 0. The summed E-state index contributed by atoms with van der Waals surface area (Å²) in [7, 11) is 0. The predicted octanol–water partition coefficient (Wildman–Crippen LogP) is 2.63. The van der Waals surface area contributed by atoms with E-state index in [-0.39, 0.29) is 0 Å². The molecule has 0 saturated carbocycles. The average molecular weight is 157 g/mol. The molecule has 0 saturated heterocycles. The maximum atomic E-state index is 5.17. The van der Waals surface area contributed by atoms with Crippen LogP contribution in [0.15, 0.2) is 4.99 Å². The fourth-order valence-corrected chi connectivity index (χ4v) is 0.853. The van der Waals surface area contributed by atoms with Gasteiger partial charge >= 0.3 is 0 Å². The molecule has 0 amide bonds. The Kier molecular flexibility index (Phi) is 7.21. The lowest BCUT2D eigenvalue weighted by atomic mass is 10.2. The first-order valence-corrected chi connectivity index (χ1v) is 4.45. The van der Waals surface area contributed by atoms with Crippen molar-refractivity contribution in [1.29, 1.82) is 0 Å². The molecule has 0 atom stereocenters. The number of nitrogens with zero attached hydrogens (tertiary/aromatic N) is 1. The van der Waals surface area contributed by atoms with Crippen molar-refractivity contribution < 1.29 is 4.74 Å². The number of hydrogen-bond donors (Lipinski definition) is 0. The Labute approximate surface area is 69.7 Å². The van der Waals surface area contributed by atoms with Crippen molar-refractivity contribution in [1.82, 2.24) is 0 Å². The summed E-state index contributed by atoms with van der Waals surface area (Å²) >= 11 is 0. The minimum absolute atomic E-state index is 0.725. The summed E-state index contributed by atoms with van der Waals surface area (Å²) in [6, 6.07) is 0. The first kappa shape index (κ1) is 10.5. The Morgan fingerprint density at radius 1 is 1.27 bits per heavy atom. The van der Waals surface area contributed by atoms with E-state index in [0.29, 0.717) is 0 Å². The predicted molar refractivity (Wildman–Crippen MR) is 49.1 cm³/mol. The van der Waals surface area contributed by atoms with Gasteiger partial charge in [-0.15, -0.1) is 0 Å². The minimum Gasteiger partial charge on any atom is -0.481 e. The monoisotopic (exact) mass is 157 g/mol. The van der Waals surface area contributed by atoms with Crippen molar-refractivity contribution >= 4 is 5.90 Å². The Morgan fingerprint density at radius 3 is 2.55 bits per heavy atom. The highest BCUT2D eigenvalue weighted by molar-refractivity contribution is 5.72. The standard InChI is InChI=1S/C9H19NO/c1-4-6-7-8-10-9(3)11-5-2/h4-8H2,1-3H3. The second-order valence-corrected chi connectivity index (χ2v) is 2.54. The number of rotatable bonds is 5. The molecular formula is C9H19NO. The Balaban J connectivity index is 3.24. The minimum atomic E-state index is 0.725. The molecule has 11 heavy (non-hydrogen) atoms. The maximum Gasteiger partial charge on any atom is 0.179 e. The van der Waals surface area contributed by atoms with Crippen molar-refractivity contribution in [2.75, 3.05) is 13.2 Å². The van der Waals surface area contributed by atoms with Gasteiger partial charge in [-0.1, -0.05) is 19.8 Å². The number of aliphatic imine (C=N–C) groups is 1. The fraction of sp³-hybridized carbons (Fsp3) is 0.889. The van der Waals surface area contributed by atoms with Crippen molar-refractivity contribution in [3.8, 4) is 0 Å². The summed E-state index contributed by atoms with van der Waals surface area (Å²) < 4.78 is 5.17. The first-order valence-electron chi connectivity index (χ1n) is 4.45. The molecule has 0 aliphatic carbocycles. The van der Waals surface area contributed by atoms with E-state index < -0.39 is 0 Å². The van der Waals surface area contributed by atoms with Gasteiger partial charge < -0.3 is 4.74 Å². The zero-order valence-corrected chi connectivity index (χ0v) is 7.89. The maximum absolute atomic E-state index is 5.17. The van der Waals surface area contributed by atoms with E-state index in [1.54, 1.807) is 0 Å². The first-order chi connectivity index (χ1) is 5.31. The van der Waals surface area contributed by atoms with Crippen LogP contribution in [0.2, 0.25) is 0 Å². The third-order valence-corrected chi connectivity index (χ3v) is 1.45. The Hall–Kier alpha value is -0.530. The van der Waals surface area contributed by atoms with Gasteiger partial charge in [0.15, 0.2) is 5.90 Å². The average Bonchev–Trinajstić information content (AvgIpc) is 1.99. The summed E-state index contributed by atoms with van der Waals surface area (Å²) in [6.45, 7) is 7.72. The lowest BCUT2D eigenvalue weighted by Crippen LogP contribution is -1.99. The smallest absolute Gasteiger partial charge is 0.179 e. The normalized spacial score (nSPS) is 11.7. The molecule has 0 spiro atoms. The molecule has 0 aromatic carbocycles. The molecule has 0 aromatic rings. The van der Waals surface area contributed by atoms with Gasteiger partial charge in [0.25, 0.3) is 0 Å². The zero-order valence-electron chi connectivity index (χ0n) is 7.89. The molecule has 0 radical (unpaired) electrons. The van der Waals surface area contributed by atoms with Crippen molar-refractivity contribution in [2.45, 2.75) is 40.0 Å². The second-order valence-electron chi connectivity index (χ2n) is 2.54. The Bertz CT molecular complexity index is 110. The van der Waals surface area contributed by atoms with E-state index in [0.717, 1.165) is 19.0 Å². The van der Waals surface area contributed by atoms with Gasteiger partial charge in [0, 0.05) is 13.5 Å². The molecule has 0 aromatic heterocycles. The van der Waals surface area contributed by atoms with Crippen LogP contribution in [0.4, 0.5) is 0 Å². The van der Waals surface area contributed by atoms with Crippen molar-refractivity contribution in [2.24, 2.45) is 4.99 Å². The van der Waals surface area contributed by atoms with Crippen LogP contribution in [0.3, 0.4) is 0 Å². The summed E-state index contributed by atoms with van der Waals surface area (Å²) in [6.07, 6.45) is 3.70. The summed E-state index contributed by atoms with van der Waals surface area (Å²) in [4.78, 5) is 4.25. The van der Waals surface area contributed by atoms with E-state index >= 15 is 0 Å². The number of hydrogen-bond acceptors (Lipinski definition) is 2. The molecule has 0 heterocycles. The zero-order chi connectivity index (χ0) is 8.53. The molecule has 0 unspecified atom stereocenters. The van der Waals surface area contributed by atoms with Crippen LogP contribution in [0.1, 0.15) is 40.0 Å². The van der Waals surface area contributed by atoms with Crippen LogP contribution in [0.5, 0.6) is 0 Å². The van der Waals surface area contributed by atoms with Crippen molar-refractivity contribution in [3.63, 3.8) is 0 Å². The van der Waals surface area contributed by atoms with E-state index in [2.05, 4.69) is 11.9 Å². The van der Waals surface area contributed by atoms with E-state index in [1.165, 1.54) is 19.3 Å². The largest absolute Gasteiger partial charge is 0.481 e. The summed E-state index contributed by atoms with van der Waals surface area (Å²) in [5.74, 6) is 0.823. The number of ether oxygens (including phenoxy) is 1. The molecule has 0 aliphatic heterocycles. The van der Waals surface area contributed by atoms with E-state index in [9.17, 15) is 0 Å². The van der Waals surface area contributed by atoms with Gasteiger partial charge in [0.05, 0.1) is 6.61 Å². The quantitative estimate of drug-likeness (QED) is 0.341. The van der Waals surface area contributed by atoms with Gasteiger partial charge in [0.2, 0.25) is 0 Å². The van der Waals surface area contributed by atoms with E-state index in [1.807, 2.05) is 13.8 Å². The molecule has 66 valence electrons. The van der Waals surface area contributed by atoms with Gasteiger partial charge in [-0.3, -0.25) is 4.99 Å².